The van der Waals surface area contributed by atoms with Crippen molar-refractivity contribution in [2.24, 2.45) is 0 Å². The molecule has 2 aromatic rings. The molecule has 3 rings (SSSR count). The number of nitrogens with one attached hydrogen (secondary N) is 1. The van der Waals surface area contributed by atoms with Crippen LogP contribution in [0.1, 0.15) is 0 Å². The monoisotopic (exact) mass is 285 g/mol. The van der Waals surface area contributed by atoms with Crippen molar-refractivity contribution in [3.05, 3.63) is 42.6 Å². The van der Waals surface area contributed by atoms with Gasteiger partial charge in [-0.3, -0.25) is 4.90 Å². The zero-order valence-corrected chi connectivity index (χ0v) is 12.2. The van der Waals surface area contributed by atoms with E-state index in [2.05, 4.69) is 26.9 Å². The Morgan fingerprint density at radius 1 is 1.00 bits per heavy atom. The number of anilines is 3. The number of rotatable bonds is 3. The molecule has 5 heteroatoms. The molecule has 1 aromatic heterocycles. The van der Waals surface area contributed by atoms with E-state index in [0.29, 0.717) is 0 Å². The molecule has 0 spiro atoms. The summed E-state index contributed by atoms with van der Waals surface area (Å²) in [5, 5.41) is 0. The number of methoxy groups -OCH3 is 1. The number of para-hydroxylation sites is 2. The molecule has 0 atom stereocenters. The van der Waals surface area contributed by atoms with Crippen molar-refractivity contribution in [3.8, 4) is 5.75 Å². The fourth-order valence-corrected chi connectivity index (χ4v) is 2.70. The number of H-pyrrole nitrogens is 1. The number of nitrogen functional groups attached to an aromatic ring is 1. The van der Waals surface area contributed by atoms with E-state index in [1.165, 1.54) is 5.69 Å². The summed E-state index contributed by atoms with van der Waals surface area (Å²) < 4.78 is 5.45. The van der Waals surface area contributed by atoms with Gasteiger partial charge in [-0.15, -0.1) is 0 Å². The molecule has 1 saturated heterocycles. The molecule has 1 aliphatic heterocycles. The highest BCUT2D eigenvalue weighted by Crippen LogP contribution is 2.28. The summed E-state index contributed by atoms with van der Waals surface area (Å²) >= 11 is 0. The van der Waals surface area contributed by atoms with Crippen molar-refractivity contribution in [3.63, 3.8) is 0 Å². The second kappa shape index (κ2) is 5.91. The van der Waals surface area contributed by atoms with Gasteiger partial charge in [-0.05, 0) is 18.2 Å². The molecular weight excluding hydrogens is 264 g/mol. The fourth-order valence-electron chi connectivity index (χ4n) is 2.70. The molecule has 2 heterocycles. The minimum atomic E-state index is 0.756. The lowest BCUT2D eigenvalue weighted by Crippen LogP contribution is -2.48. The Kier molecular flexibility index (Phi) is 3.81. The second-order valence-corrected chi connectivity index (χ2v) is 5.15. The van der Waals surface area contributed by atoms with Crippen LogP contribution in [0.5, 0.6) is 5.75 Å². The van der Waals surface area contributed by atoms with Gasteiger partial charge in [0.25, 0.3) is 5.82 Å². The zero-order valence-electron chi connectivity index (χ0n) is 12.2. The number of aromatic amines is 1. The van der Waals surface area contributed by atoms with E-state index in [0.717, 1.165) is 43.4 Å². The van der Waals surface area contributed by atoms with E-state index >= 15 is 0 Å². The van der Waals surface area contributed by atoms with Gasteiger partial charge in [0.05, 0.1) is 31.6 Å². The van der Waals surface area contributed by atoms with Crippen LogP contribution in [0, 0.1) is 0 Å². The summed E-state index contributed by atoms with van der Waals surface area (Å²) in [5.41, 5.74) is 7.64. The lowest BCUT2D eigenvalue weighted by atomic mass is 10.2. The van der Waals surface area contributed by atoms with Crippen LogP contribution in [0.25, 0.3) is 0 Å². The number of piperazine rings is 1. The average molecular weight is 285 g/mol. The highest BCUT2D eigenvalue weighted by Gasteiger charge is 2.24. The maximum absolute atomic E-state index is 5.71. The molecule has 0 bridgehead atoms. The number of hydrogen-bond acceptors (Lipinski definition) is 4. The Hall–Kier alpha value is -2.43. The highest BCUT2D eigenvalue weighted by atomic mass is 16.5. The standard InChI is InChI=1S/C16H20N4O/c1-21-15-5-3-2-4-14(15)19-8-10-20(11-9-19)16-7-6-13(17)12-18-16/h2-7,12H,8-11,17H2,1H3/p+1. The Balaban J connectivity index is 1.69. The van der Waals surface area contributed by atoms with Crippen LogP contribution in [-0.2, 0) is 0 Å². The van der Waals surface area contributed by atoms with Crippen LogP contribution in [0.2, 0.25) is 0 Å². The molecule has 21 heavy (non-hydrogen) atoms. The highest BCUT2D eigenvalue weighted by molar-refractivity contribution is 5.59. The van der Waals surface area contributed by atoms with Gasteiger partial charge in [0.2, 0.25) is 0 Å². The van der Waals surface area contributed by atoms with Gasteiger partial charge in [0.1, 0.15) is 25.0 Å². The van der Waals surface area contributed by atoms with Crippen LogP contribution >= 0.6 is 0 Å². The minimum absolute atomic E-state index is 0.756. The largest absolute Gasteiger partial charge is 0.495 e. The Morgan fingerprint density at radius 2 is 1.71 bits per heavy atom. The molecule has 0 aliphatic carbocycles. The summed E-state index contributed by atoms with van der Waals surface area (Å²) in [6.07, 6.45) is 1.84. The topological polar surface area (TPSA) is 55.9 Å². The number of pyridine rings is 1. The molecule has 1 fully saturated rings. The molecular formula is C16H21N4O+. The molecule has 0 radical (unpaired) electrons. The lowest BCUT2D eigenvalue weighted by Gasteiger charge is -2.33. The van der Waals surface area contributed by atoms with E-state index in [-0.39, 0.29) is 0 Å². The molecule has 5 nitrogen and oxygen atoms in total. The number of aromatic nitrogens is 1. The third-order valence-electron chi connectivity index (χ3n) is 3.87. The normalized spacial score (nSPS) is 15.1. The van der Waals surface area contributed by atoms with Crippen molar-refractivity contribution >= 4 is 17.2 Å². The maximum atomic E-state index is 5.71. The first-order valence-electron chi connectivity index (χ1n) is 7.18. The molecule has 0 saturated carbocycles. The molecule has 0 amide bonds. The van der Waals surface area contributed by atoms with E-state index < -0.39 is 0 Å². The third-order valence-corrected chi connectivity index (χ3v) is 3.87. The Bertz CT molecular complexity index is 591. The number of benzene rings is 1. The SMILES string of the molecule is COc1ccccc1N1CCN(c2ccc(N)c[nH+]2)CC1. The molecule has 1 aromatic carbocycles. The van der Waals surface area contributed by atoms with Crippen LogP contribution < -0.4 is 25.3 Å². The summed E-state index contributed by atoms with van der Waals surface area (Å²) in [6.45, 7) is 3.88. The van der Waals surface area contributed by atoms with Crippen molar-refractivity contribution < 1.29 is 9.72 Å². The summed E-state index contributed by atoms with van der Waals surface area (Å²) in [6, 6.07) is 12.1. The summed E-state index contributed by atoms with van der Waals surface area (Å²) in [4.78, 5) is 7.95. The van der Waals surface area contributed by atoms with E-state index in [1.807, 2.05) is 30.5 Å². The van der Waals surface area contributed by atoms with Gasteiger partial charge in [-0.25, -0.2) is 4.98 Å². The van der Waals surface area contributed by atoms with Crippen molar-refractivity contribution in [1.82, 2.24) is 0 Å². The van der Waals surface area contributed by atoms with Crippen LogP contribution in [0.15, 0.2) is 42.6 Å². The van der Waals surface area contributed by atoms with Gasteiger partial charge in [-0.2, -0.15) is 0 Å². The van der Waals surface area contributed by atoms with Crippen molar-refractivity contribution in [2.45, 2.75) is 0 Å². The van der Waals surface area contributed by atoms with Crippen molar-refractivity contribution in [1.29, 1.82) is 0 Å². The van der Waals surface area contributed by atoms with Gasteiger partial charge in [0, 0.05) is 6.07 Å². The smallest absolute Gasteiger partial charge is 0.274 e. The van der Waals surface area contributed by atoms with Crippen LogP contribution in [-0.4, -0.2) is 33.3 Å². The second-order valence-electron chi connectivity index (χ2n) is 5.15. The third kappa shape index (κ3) is 2.86. The molecule has 1 aliphatic rings. The van der Waals surface area contributed by atoms with Gasteiger partial charge >= 0.3 is 0 Å². The lowest BCUT2D eigenvalue weighted by molar-refractivity contribution is -0.363. The van der Waals surface area contributed by atoms with Crippen LogP contribution in [0.4, 0.5) is 17.2 Å². The predicted octanol–water partition coefficient (Wildman–Crippen LogP) is 1.42. The zero-order chi connectivity index (χ0) is 14.7. The van der Waals surface area contributed by atoms with E-state index in [1.54, 1.807) is 7.11 Å². The Labute approximate surface area is 125 Å². The first-order valence-corrected chi connectivity index (χ1v) is 7.18. The van der Waals surface area contributed by atoms with Crippen molar-refractivity contribution in [2.75, 3.05) is 48.8 Å². The first-order chi connectivity index (χ1) is 10.3. The summed E-state index contributed by atoms with van der Waals surface area (Å²) in [5.74, 6) is 2.05. The van der Waals surface area contributed by atoms with Crippen LogP contribution in [0.3, 0.4) is 0 Å². The first kappa shape index (κ1) is 13.5. The van der Waals surface area contributed by atoms with E-state index in [9.17, 15) is 0 Å². The van der Waals surface area contributed by atoms with Gasteiger partial charge in [0.15, 0.2) is 0 Å². The minimum Gasteiger partial charge on any atom is -0.495 e. The number of nitrogens with two attached hydrogens (primary N) is 1. The molecule has 110 valence electrons. The fraction of sp³-hybridized carbons (Fsp3) is 0.312. The Morgan fingerprint density at radius 3 is 2.38 bits per heavy atom. The molecule has 3 N–H and O–H groups in total. The molecule has 0 unspecified atom stereocenters. The summed E-state index contributed by atoms with van der Waals surface area (Å²) in [7, 11) is 1.72. The number of ether oxygens (including phenoxy) is 1. The number of nitrogens with zero attached hydrogens (tertiary/aromatic N) is 2. The maximum Gasteiger partial charge on any atom is 0.274 e. The average Bonchev–Trinajstić information content (AvgIpc) is 2.56. The van der Waals surface area contributed by atoms with Gasteiger partial charge < -0.3 is 15.4 Å². The van der Waals surface area contributed by atoms with Gasteiger partial charge in [-0.1, -0.05) is 12.1 Å². The quantitative estimate of drug-likeness (QED) is 0.926. The van der Waals surface area contributed by atoms with E-state index in [4.69, 9.17) is 10.5 Å². The predicted molar refractivity (Wildman–Crippen MR) is 84.8 cm³/mol. The number of hydrogen-bond donors (Lipinski definition) is 1.